The van der Waals surface area contributed by atoms with E-state index in [1.165, 1.54) is 0 Å². The molecule has 5 aromatic carbocycles. The first-order chi connectivity index (χ1) is 14.9. The molecule has 0 radical (unpaired) electrons. The third kappa shape index (κ3) is 2.77. The van der Waals surface area contributed by atoms with Gasteiger partial charge in [-0.25, -0.2) is 17.6 Å². The number of hydrogen-bond donors (Lipinski definition) is 2. The highest BCUT2D eigenvalue weighted by molar-refractivity contribution is 6.23. The van der Waals surface area contributed by atoms with Crippen molar-refractivity contribution in [2.45, 2.75) is 6.54 Å². The van der Waals surface area contributed by atoms with E-state index in [1.54, 1.807) is 6.07 Å². The van der Waals surface area contributed by atoms with Crippen molar-refractivity contribution in [2.75, 3.05) is 5.73 Å². The van der Waals surface area contributed by atoms with Crippen molar-refractivity contribution >= 4 is 43.9 Å². The van der Waals surface area contributed by atoms with Crippen LogP contribution in [0.25, 0.3) is 32.3 Å². The zero-order chi connectivity index (χ0) is 21.9. The Morgan fingerprint density at radius 2 is 1.29 bits per heavy atom. The van der Waals surface area contributed by atoms with Crippen LogP contribution in [0.2, 0.25) is 0 Å². The second kappa shape index (κ2) is 6.84. The molecule has 3 nitrogen and oxygen atoms in total. The molecule has 0 aromatic heterocycles. The van der Waals surface area contributed by atoms with E-state index in [0.717, 1.165) is 32.3 Å². The molecule has 0 aliphatic carbocycles. The standard InChI is InChI=1S/C24H14F4N2O/c25-19-18(20(26)22(28)23(29)21(19)27)24(31)30-10-14-7-6-13-5-4-11-2-1-3-12-8-9-15(14)17(13)16(11)12/h1-9H,10,29H2,(H,30,31). The van der Waals surface area contributed by atoms with Crippen LogP contribution in [0.3, 0.4) is 0 Å². The highest BCUT2D eigenvalue weighted by Crippen LogP contribution is 2.36. The number of benzene rings is 5. The van der Waals surface area contributed by atoms with Crippen molar-refractivity contribution in [1.82, 2.24) is 5.32 Å². The van der Waals surface area contributed by atoms with Crippen LogP contribution in [-0.4, -0.2) is 5.91 Å². The summed E-state index contributed by atoms with van der Waals surface area (Å²) in [6, 6.07) is 17.6. The number of carbonyl (C=O) groups is 1. The quantitative estimate of drug-likeness (QED) is 0.171. The summed E-state index contributed by atoms with van der Waals surface area (Å²) in [6.07, 6.45) is 0. The van der Waals surface area contributed by atoms with Gasteiger partial charge in [0.25, 0.3) is 5.91 Å². The molecule has 0 aliphatic heterocycles. The molecule has 3 N–H and O–H groups in total. The Morgan fingerprint density at radius 3 is 1.94 bits per heavy atom. The average molecular weight is 422 g/mol. The van der Waals surface area contributed by atoms with E-state index in [1.807, 2.05) is 48.5 Å². The molecule has 0 aliphatic rings. The van der Waals surface area contributed by atoms with Crippen molar-refractivity contribution in [3.05, 3.63) is 89.0 Å². The van der Waals surface area contributed by atoms with Crippen molar-refractivity contribution in [3.8, 4) is 0 Å². The lowest BCUT2D eigenvalue weighted by Gasteiger charge is -2.15. The van der Waals surface area contributed by atoms with Crippen LogP contribution in [0.15, 0.2) is 54.6 Å². The number of nitrogens with two attached hydrogens (primary N) is 1. The maximum absolute atomic E-state index is 14.1. The fourth-order valence-electron chi connectivity index (χ4n) is 4.06. The van der Waals surface area contributed by atoms with Gasteiger partial charge in [0, 0.05) is 6.54 Å². The SMILES string of the molecule is Nc1c(F)c(F)c(C(=O)NCc2ccc3ccc4cccc5ccc2c3c45)c(F)c1F. The summed E-state index contributed by atoms with van der Waals surface area (Å²) in [7, 11) is 0. The van der Waals surface area contributed by atoms with Crippen LogP contribution >= 0.6 is 0 Å². The van der Waals surface area contributed by atoms with E-state index in [4.69, 9.17) is 5.73 Å². The van der Waals surface area contributed by atoms with Gasteiger partial charge in [0.2, 0.25) is 0 Å². The van der Waals surface area contributed by atoms with Gasteiger partial charge < -0.3 is 11.1 Å². The van der Waals surface area contributed by atoms with Crippen LogP contribution in [0.4, 0.5) is 23.2 Å². The van der Waals surface area contributed by atoms with Gasteiger partial charge in [0.1, 0.15) is 11.3 Å². The molecule has 0 atom stereocenters. The van der Waals surface area contributed by atoms with E-state index >= 15 is 0 Å². The van der Waals surface area contributed by atoms with Crippen LogP contribution in [-0.2, 0) is 6.54 Å². The molecule has 0 unspecified atom stereocenters. The number of halogens is 4. The molecular weight excluding hydrogens is 408 g/mol. The van der Waals surface area contributed by atoms with Crippen molar-refractivity contribution in [3.63, 3.8) is 0 Å². The number of amides is 1. The second-order valence-corrected chi connectivity index (χ2v) is 7.31. The molecule has 154 valence electrons. The third-order valence-electron chi connectivity index (χ3n) is 5.58. The average Bonchev–Trinajstić information content (AvgIpc) is 2.79. The number of hydrogen-bond acceptors (Lipinski definition) is 2. The summed E-state index contributed by atoms with van der Waals surface area (Å²) in [5.41, 5.74) is 3.03. The highest BCUT2D eigenvalue weighted by atomic mass is 19.2. The highest BCUT2D eigenvalue weighted by Gasteiger charge is 2.28. The van der Waals surface area contributed by atoms with Gasteiger partial charge in [0.05, 0.1) is 0 Å². The fraction of sp³-hybridized carbons (Fsp3) is 0.0417. The van der Waals surface area contributed by atoms with Gasteiger partial charge in [-0.05, 0) is 37.9 Å². The lowest BCUT2D eigenvalue weighted by molar-refractivity contribution is 0.0940. The summed E-state index contributed by atoms with van der Waals surface area (Å²) in [6.45, 7) is -0.0977. The maximum atomic E-state index is 14.1. The lowest BCUT2D eigenvalue weighted by atomic mass is 9.92. The molecule has 0 saturated carbocycles. The number of carbonyl (C=O) groups excluding carboxylic acids is 1. The van der Waals surface area contributed by atoms with Gasteiger partial charge in [-0.2, -0.15) is 0 Å². The first-order valence-corrected chi connectivity index (χ1v) is 9.43. The molecule has 7 heteroatoms. The van der Waals surface area contributed by atoms with Gasteiger partial charge in [-0.15, -0.1) is 0 Å². The minimum Gasteiger partial charge on any atom is -0.394 e. The van der Waals surface area contributed by atoms with Crippen molar-refractivity contribution in [1.29, 1.82) is 0 Å². The Labute approximate surface area is 173 Å². The first-order valence-electron chi connectivity index (χ1n) is 9.43. The summed E-state index contributed by atoms with van der Waals surface area (Å²) >= 11 is 0. The molecule has 0 heterocycles. The van der Waals surface area contributed by atoms with Gasteiger partial charge in [-0.1, -0.05) is 54.6 Å². The first kappa shape index (κ1) is 19.1. The largest absolute Gasteiger partial charge is 0.394 e. The van der Waals surface area contributed by atoms with E-state index < -0.39 is 40.4 Å². The Kier molecular flexibility index (Phi) is 4.22. The van der Waals surface area contributed by atoms with E-state index in [9.17, 15) is 22.4 Å². The molecule has 5 aromatic rings. The van der Waals surface area contributed by atoms with Gasteiger partial charge in [-0.3, -0.25) is 4.79 Å². The number of nitrogens with one attached hydrogen (secondary N) is 1. The normalized spacial score (nSPS) is 11.6. The molecule has 0 spiro atoms. The summed E-state index contributed by atoms with van der Waals surface area (Å²) in [4.78, 5) is 12.4. The lowest BCUT2D eigenvalue weighted by Crippen LogP contribution is -2.26. The molecule has 5 rings (SSSR count). The van der Waals surface area contributed by atoms with Crippen LogP contribution < -0.4 is 11.1 Å². The Hall–Kier alpha value is -3.87. The predicted octanol–water partition coefficient (Wildman–Crippen LogP) is 5.65. The topological polar surface area (TPSA) is 55.1 Å². The summed E-state index contributed by atoms with van der Waals surface area (Å²) in [5.74, 6) is -8.54. The fourth-order valence-corrected chi connectivity index (χ4v) is 4.06. The van der Waals surface area contributed by atoms with Crippen LogP contribution in [0.5, 0.6) is 0 Å². The minimum absolute atomic E-state index is 0.0977. The minimum atomic E-state index is -1.83. The Bertz CT molecular complexity index is 1470. The zero-order valence-corrected chi connectivity index (χ0v) is 15.9. The van der Waals surface area contributed by atoms with E-state index in [2.05, 4.69) is 5.32 Å². The summed E-state index contributed by atoms with van der Waals surface area (Å²) < 4.78 is 55.6. The molecule has 1 amide bonds. The van der Waals surface area contributed by atoms with Crippen LogP contribution in [0.1, 0.15) is 15.9 Å². The monoisotopic (exact) mass is 422 g/mol. The number of anilines is 1. The molecule has 31 heavy (non-hydrogen) atoms. The Balaban J connectivity index is 1.56. The van der Waals surface area contributed by atoms with E-state index in [0.29, 0.717) is 5.56 Å². The smallest absolute Gasteiger partial charge is 0.257 e. The molecule has 0 bridgehead atoms. The molecular formula is C24H14F4N2O. The number of rotatable bonds is 3. The summed E-state index contributed by atoms with van der Waals surface area (Å²) in [5, 5.41) is 8.43. The second-order valence-electron chi connectivity index (χ2n) is 7.31. The predicted molar refractivity (Wildman–Crippen MR) is 112 cm³/mol. The maximum Gasteiger partial charge on any atom is 0.257 e. The molecule has 0 saturated heterocycles. The zero-order valence-electron chi connectivity index (χ0n) is 15.9. The molecule has 0 fully saturated rings. The van der Waals surface area contributed by atoms with Crippen molar-refractivity contribution in [2.24, 2.45) is 0 Å². The van der Waals surface area contributed by atoms with Crippen LogP contribution in [0, 0.1) is 23.3 Å². The van der Waals surface area contributed by atoms with E-state index in [-0.39, 0.29) is 6.54 Å². The van der Waals surface area contributed by atoms with Crippen molar-refractivity contribution < 1.29 is 22.4 Å². The number of nitrogen functional groups attached to an aromatic ring is 1. The van der Waals surface area contributed by atoms with Gasteiger partial charge in [0.15, 0.2) is 23.3 Å². The third-order valence-corrected chi connectivity index (χ3v) is 5.58. The van der Waals surface area contributed by atoms with Gasteiger partial charge >= 0.3 is 0 Å². The Morgan fingerprint density at radius 1 is 0.742 bits per heavy atom.